The molecule has 0 radical (unpaired) electrons. The van der Waals surface area contributed by atoms with Gasteiger partial charge in [0.05, 0.1) is 34.4 Å². The van der Waals surface area contributed by atoms with Gasteiger partial charge in [-0.2, -0.15) is 0 Å². The summed E-state index contributed by atoms with van der Waals surface area (Å²) < 4.78 is 22.8. The number of aliphatic carboxylic acids is 1. The number of carboxylic acids is 1. The van der Waals surface area contributed by atoms with Gasteiger partial charge in [-0.25, -0.2) is 4.79 Å². The predicted octanol–water partition coefficient (Wildman–Crippen LogP) is 16.5. The van der Waals surface area contributed by atoms with E-state index < -0.39 is 24.3 Å². The van der Waals surface area contributed by atoms with Crippen LogP contribution in [0.4, 0.5) is 0 Å². The van der Waals surface area contributed by atoms with E-state index in [1.165, 1.54) is 148 Å². The van der Waals surface area contributed by atoms with Crippen molar-refractivity contribution in [3.63, 3.8) is 0 Å². The standard InChI is InChI=1S/C60H107NO8/c1-6-8-10-12-14-16-18-20-21-22-23-24-25-26-27-28-29-30-31-32-33-34-35-36-37-39-40-42-44-46-48-50-57(62)67-54-56(55-68-60(59(64)65)66-53-52-61(3,4)5)69-58(63)51-49-47-45-43-41-38-19-17-15-13-11-9-7-2/h9,11,15,17-18,20,22-23,38,41,56,60H,6-8,10,12-14,16,19,21,24-37,39-40,42-55H2,1-5H3/p+1/b11-9-,17-15-,20-18-,23-22-,41-38-. The number of hydrogen-bond donors (Lipinski definition) is 1. The fourth-order valence-electron chi connectivity index (χ4n) is 7.88. The summed E-state index contributed by atoms with van der Waals surface area (Å²) in [5, 5.41) is 9.67. The van der Waals surface area contributed by atoms with E-state index in [1.54, 1.807) is 0 Å². The van der Waals surface area contributed by atoms with Crippen LogP contribution in [0.1, 0.15) is 245 Å². The van der Waals surface area contributed by atoms with Crippen molar-refractivity contribution in [3.05, 3.63) is 60.8 Å². The van der Waals surface area contributed by atoms with Crippen molar-refractivity contribution >= 4 is 17.9 Å². The molecule has 0 spiro atoms. The molecule has 400 valence electrons. The number of carbonyl (C=O) groups is 3. The van der Waals surface area contributed by atoms with Gasteiger partial charge in [-0.15, -0.1) is 0 Å². The van der Waals surface area contributed by atoms with E-state index in [4.69, 9.17) is 18.9 Å². The lowest BCUT2D eigenvalue weighted by atomic mass is 10.0. The van der Waals surface area contributed by atoms with Crippen LogP contribution in [-0.2, 0) is 33.3 Å². The molecular weight excluding hydrogens is 863 g/mol. The average Bonchev–Trinajstić information content (AvgIpc) is 3.31. The van der Waals surface area contributed by atoms with Crippen LogP contribution in [0.15, 0.2) is 60.8 Å². The minimum absolute atomic E-state index is 0.181. The van der Waals surface area contributed by atoms with Crippen molar-refractivity contribution in [1.29, 1.82) is 0 Å². The zero-order valence-corrected chi connectivity index (χ0v) is 45.5. The van der Waals surface area contributed by atoms with Crippen LogP contribution in [0, 0.1) is 0 Å². The van der Waals surface area contributed by atoms with Crippen LogP contribution >= 0.6 is 0 Å². The number of ether oxygens (including phenoxy) is 4. The fraction of sp³-hybridized carbons (Fsp3) is 0.783. The zero-order chi connectivity index (χ0) is 50.6. The van der Waals surface area contributed by atoms with Crippen LogP contribution in [-0.4, -0.2) is 87.4 Å². The van der Waals surface area contributed by atoms with E-state index in [-0.39, 0.29) is 32.2 Å². The first-order valence-corrected chi connectivity index (χ1v) is 28.5. The second-order valence-corrected chi connectivity index (χ2v) is 20.2. The van der Waals surface area contributed by atoms with E-state index in [1.807, 2.05) is 21.1 Å². The van der Waals surface area contributed by atoms with Gasteiger partial charge in [-0.3, -0.25) is 9.59 Å². The summed E-state index contributed by atoms with van der Waals surface area (Å²) in [6.45, 7) is 4.72. The molecule has 2 unspecified atom stereocenters. The maximum Gasteiger partial charge on any atom is 0.361 e. The molecule has 0 aliphatic carbocycles. The number of carboxylic acid groups (broad SMARTS) is 1. The van der Waals surface area contributed by atoms with E-state index in [0.29, 0.717) is 23.9 Å². The topological polar surface area (TPSA) is 108 Å². The number of allylic oxidation sites excluding steroid dienone is 10. The SMILES string of the molecule is CC/C=C\C/C=C\C/C=C\CCCCCC(=O)OC(COC(=O)CCCCCCCCCCCCCCCCCCCCC/C=C\C/C=C\CCCCCCC)COC(OCC[N+](C)(C)C)C(=O)O. The highest BCUT2D eigenvalue weighted by atomic mass is 16.7. The van der Waals surface area contributed by atoms with Crippen LogP contribution in [0.25, 0.3) is 0 Å². The normalized spacial score (nSPS) is 13.2. The molecule has 0 aromatic rings. The predicted molar refractivity (Wildman–Crippen MR) is 290 cm³/mol. The summed E-state index contributed by atoms with van der Waals surface area (Å²) in [4.78, 5) is 37.3. The Morgan fingerprint density at radius 2 is 0.826 bits per heavy atom. The number of nitrogens with zero attached hydrogens (tertiary/aromatic N) is 1. The second kappa shape index (κ2) is 51.3. The maximum absolute atomic E-state index is 12.8. The molecule has 0 saturated heterocycles. The lowest BCUT2D eigenvalue weighted by molar-refractivity contribution is -0.870. The first-order valence-electron chi connectivity index (χ1n) is 28.5. The van der Waals surface area contributed by atoms with E-state index in [0.717, 1.165) is 64.2 Å². The molecule has 0 rings (SSSR count). The molecule has 0 fully saturated rings. The van der Waals surface area contributed by atoms with Gasteiger partial charge in [0, 0.05) is 12.8 Å². The molecule has 0 aromatic carbocycles. The molecule has 0 bridgehead atoms. The molecule has 1 N–H and O–H groups in total. The first kappa shape index (κ1) is 66.0. The molecule has 0 amide bonds. The molecule has 9 heteroatoms. The van der Waals surface area contributed by atoms with Crippen LogP contribution in [0.3, 0.4) is 0 Å². The quantitative estimate of drug-likeness (QED) is 0.0211. The maximum atomic E-state index is 12.8. The molecule has 0 aliphatic rings. The van der Waals surface area contributed by atoms with E-state index >= 15 is 0 Å². The number of unbranched alkanes of at least 4 members (excludes halogenated alkanes) is 27. The van der Waals surface area contributed by atoms with Crippen LogP contribution in [0.2, 0.25) is 0 Å². The fourth-order valence-corrected chi connectivity index (χ4v) is 7.88. The van der Waals surface area contributed by atoms with Crippen LogP contribution in [0.5, 0.6) is 0 Å². The Morgan fingerprint density at radius 1 is 0.449 bits per heavy atom. The zero-order valence-electron chi connectivity index (χ0n) is 45.5. The Morgan fingerprint density at radius 3 is 1.25 bits per heavy atom. The summed E-state index contributed by atoms with van der Waals surface area (Å²) in [6, 6.07) is 0. The molecule has 69 heavy (non-hydrogen) atoms. The third-order valence-electron chi connectivity index (χ3n) is 12.3. The molecule has 0 aliphatic heterocycles. The Hall–Kier alpha value is -3.01. The van der Waals surface area contributed by atoms with Crippen LogP contribution < -0.4 is 0 Å². The van der Waals surface area contributed by atoms with Gasteiger partial charge in [-0.05, 0) is 77.0 Å². The monoisotopic (exact) mass is 971 g/mol. The summed E-state index contributed by atoms with van der Waals surface area (Å²) in [5.74, 6) is -2.04. The Bertz CT molecular complexity index is 1310. The van der Waals surface area contributed by atoms with Gasteiger partial charge >= 0.3 is 17.9 Å². The summed E-state index contributed by atoms with van der Waals surface area (Å²) >= 11 is 0. The summed E-state index contributed by atoms with van der Waals surface area (Å²) in [6.07, 6.45) is 61.8. The Kier molecular flexibility index (Phi) is 49.1. The third kappa shape index (κ3) is 52.6. The minimum atomic E-state index is -1.52. The third-order valence-corrected chi connectivity index (χ3v) is 12.3. The van der Waals surface area contributed by atoms with Crippen molar-refractivity contribution < 1.29 is 42.9 Å². The molecular formula is C60H108NO8+. The van der Waals surface area contributed by atoms with Crippen molar-refractivity contribution in [2.45, 2.75) is 257 Å². The number of quaternary nitrogens is 1. The lowest BCUT2D eigenvalue weighted by Gasteiger charge is -2.25. The number of hydrogen-bond acceptors (Lipinski definition) is 7. The highest BCUT2D eigenvalue weighted by molar-refractivity contribution is 5.71. The summed E-state index contributed by atoms with van der Waals surface area (Å²) in [5.41, 5.74) is 0. The van der Waals surface area contributed by atoms with E-state index in [2.05, 4.69) is 74.6 Å². The summed E-state index contributed by atoms with van der Waals surface area (Å²) in [7, 11) is 5.95. The van der Waals surface area contributed by atoms with Crippen molar-refractivity contribution in [2.75, 3.05) is 47.5 Å². The Labute approximate surface area is 425 Å². The number of rotatable bonds is 52. The molecule has 9 nitrogen and oxygen atoms in total. The second-order valence-electron chi connectivity index (χ2n) is 20.2. The van der Waals surface area contributed by atoms with Gasteiger partial charge in [0.2, 0.25) is 0 Å². The first-order chi connectivity index (χ1) is 33.6. The number of esters is 2. The molecule has 0 heterocycles. The van der Waals surface area contributed by atoms with Crippen molar-refractivity contribution in [2.24, 2.45) is 0 Å². The van der Waals surface area contributed by atoms with Gasteiger partial charge < -0.3 is 28.5 Å². The van der Waals surface area contributed by atoms with Gasteiger partial charge in [0.1, 0.15) is 13.2 Å². The Balaban J connectivity index is 4.09. The van der Waals surface area contributed by atoms with Crippen molar-refractivity contribution in [1.82, 2.24) is 0 Å². The largest absolute Gasteiger partial charge is 0.477 e. The van der Waals surface area contributed by atoms with E-state index in [9.17, 15) is 19.5 Å². The molecule has 0 saturated carbocycles. The minimum Gasteiger partial charge on any atom is -0.477 e. The smallest absolute Gasteiger partial charge is 0.361 e. The molecule has 2 atom stereocenters. The lowest BCUT2D eigenvalue weighted by Crippen LogP contribution is -2.40. The van der Waals surface area contributed by atoms with Gasteiger partial charge in [0.15, 0.2) is 6.10 Å². The highest BCUT2D eigenvalue weighted by Gasteiger charge is 2.25. The average molecular weight is 972 g/mol. The van der Waals surface area contributed by atoms with Gasteiger partial charge in [-0.1, -0.05) is 216 Å². The number of carbonyl (C=O) groups excluding carboxylic acids is 2. The molecule has 0 aromatic heterocycles. The van der Waals surface area contributed by atoms with Gasteiger partial charge in [0.25, 0.3) is 6.29 Å². The highest BCUT2D eigenvalue weighted by Crippen LogP contribution is 2.16. The van der Waals surface area contributed by atoms with Crippen molar-refractivity contribution in [3.8, 4) is 0 Å². The number of likely N-dealkylation sites (N-methyl/N-ethyl adjacent to an activating group) is 1.